The highest BCUT2D eigenvalue weighted by molar-refractivity contribution is 5.28. The number of rotatable bonds is 6. The number of ether oxygens (including phenoxy) is 2. The molecule has 1 saturated heterocycles. The third-order valence-corrected chi connectivity index (χ3v) is 3.43. The smallest absolute Gasteiger partial charge is 0.119 e. The topological polar surface area (TPSA) is 41.9 Å². The molecule has 1 aromatic carbocycles. The van der Waals surface area contributed by atoms with Crippen molar-refractivity contribution in [1.82, 2.24) is 4.90 Å². The summed E-state index contributed by atoms with van der Waals surface area (Å²) in [5.74, 6) is 0.861. The molecule has 19 heavy (non-hydrogen) atoms. The van der Waals surface area contributed by atoms with Gasteiger partial charge in [0.1, 0.15) is 12.4 Å². The van der Waals surface area contributed by atoms with Gasteiger partial charge in [0.2, 0.25) is 0 Å². The molecule has 0 spiro atoms. The van der Waals surface area contributed by atoms with Crippen LogP contribution >= 0.6 is 0 Å². The van der Waals surface area contributed by atoms with E-state index in [0.29, 0.717) is 6.61 Å². The van der Waals surface area contributed by atoms with Crippen LogP contribution in [0.15, 0.2) is 24.3 Å². The molecule has 0 unspecified atom stereocenters. The van der Waals surface area contributed by atoms with Gasteiger partial charge in [0.15, 0.2) is 0 Å². The minimum absolute atomic E-state index is 0.373. The molecule has 1 N–H and O–H groups in total. The fraction of sp³-hybridized carbons (Fsp3) is 0.600. The number of hydrogen-bond donors (Lipinski definition) is 1. The zero-order chi connectivity index (χ0) is 13.5. The molecular formula is C15H23NO3. The maximum absolute atomic E-state index is 9.71. The first-order valence-electron chi connectivity index (χ1n) is 7.00. The molecule has 4 nitrogen and oxygen atoms in total. The van der Waals surface area contributed by atoms with E-state index in [-0.39, 0.29) is 6.10 Å². The second kappa shape index (κ2) is 7.48. The van der Waals surface area contributed by atoms with Crippen molar-refractivity contribution >= 4 is 0 Å². The summed E-state index contributed by atoms with van der Waals surface area (Å²) in [6.07, 6.45) is 0.361. The van der Waals surface area contributed by atoms with E-state index in [9.17, 15) is 5.11 Å². The molecule has 4 heteroatoms. The molecule has 0 amide bonds. The molecule has 0 aromatic heterocycles. The molecule has 1 heterocycles. The third kappa shape index (κ3) is 4.49. The Balaban J connectivity index is 1.73. The van der Waals surface area contributed by atoms with Gasteiger partial charge in [-0.15, -0.1) is 0 Å². The lowest BCUT2D eigenvalue weighted by Gasteiger charge is -2.26. The molecule has 1 fully saturated rings. The Morgan fingerprint density at radius 1 is 1.26 bits per heavy atom. The number of aliphatic hydroxyl groups excluding tert-OH is 1. The molecule has 0 saturated carbocycles. The van der Waals surface area contributed by atoms with E-state index in [1.54, 1.807) is 0 Å². The highest BCUT2D eigenvalue weighted by Gasteiger charge is 2.10. The second-order valence-electron chi connectivity index (χ2n) is 4.80. The molecule has 1 aliphatic heterocycles. The molecule has 0 radical (unpaired) electrons. The van der Waals surface area contributed by atoms with Gasteiger partial charge >= 0.3 is 0 Å². The minimum Gasteiger partial charge on any atom is -0.492 e. The normalized spacial score (nSPS) is 18.2. The van der Waals surface area contributed by atoms with Crippen LogP contribution in [-0.2, 0) is 4.74 Å². The molecule has 1 aliphatic rings. The van der Waals surface area contributed by atoms with Gasteiger partial charge in [-0.2, -0.15) is 0 Å². The molecular weight excluding hydrogens is 242 g/mol. The van der Waals surface area contributed by atoms with Crippen molar-refractivity contribution in [3.63, 3.8) is 0 Å². The summed E-state index contributed by atoms with van der Waals surface area (Å²) >= 11 is 0. The molecule has 1 atom stereocenters. The van der Waals surface area contributed by atoms with Gasteiger partial charge in [0.05, 0.1) is 19.3 Å². The SMILES string of the molecule is CC[C@H](O)c1ccc(OCCN2CCOCC2)cc1. The predicted octanol–water partition coefficient (Wildman–Crippen LogP) is 1.84. The van der Waals surface area contributed by atoms with Crippen LogP contribution in [0.5, 0.6) is 5.75 Å². The monoisotopic (exact) mass is 265 g/mol. The number of nitrogens with zero attached hydrogens (tertiary/aromatic N) is 1. The van der Waals surface area contributed by atoms with E-state index >= 15 is 0 Å². The lowest BCUT2D eigenvalue weighted by Crippen LogP contribution is -2.38. The quantitative estimate of drug-likeness (QED) is 0.852. The maximum atomic E-state index is 9.71. The zero-order valence-electron chi connectivity index (χ0n) is 11.5. The summed E-state index contributed by atoms with van der Waals surface area (Å²) in [5, 5.41) is 9.71. The van der Waals surface area contributed by atoms with Crippen LogP contribution in [0.2, 0.25) is 0 Å². The van der Waals surface area contributed by atoms with Gasteiger partial charge in [0, 0.05) is 19.6 Å². The zero-order valence-corrected chi connectivity index (χ0v) is 11.5. The Hall–Kier alpha value is -1.10. The fourth-order valence-electron chi connectivity index (χ4n) is 2.14. The summed E-state index contributed by atoms with van der Waals surface area (Å²) in [6, 6.07) is 7.71. The first-order valence-corrected chi connectivity index (χ1v) is 7.00. The van der Waals surface area contributed by atoms with Gasteiger partial charge in [-0.1, -0.05) is 19.1 Å². The van der Waals surface area contributed by atoms with E-state index in [1.165, 1.54) is 0 Å². The van der Waals surface area contributed by atoms with Crippen molar-refractivity contribution < 1.29 is 14.6 Å². The lowest BCUT2D eigenvalue weighted by atomic mass is 10.1. The Kier molecular flexibility index (Phi) is 5.63. The Bertz CT molecular complexity index is 360. The number of hydrogen-bond acceptors (Lipinski definition) is 4. The van der Waals surface area contributed by atoms with Crippen LogP contribution in [0.25, 0.3) is 0 Å². The van der Waals surface area contributed by atoms with E-state index in [1.807, 2.05) is 31.2 Å². The van der Waals surface area contributed by atoms with Crippen LogP contribution in [-0.4, -0.2) is 49.5 Å². The van der Waals surface area contributed by atoms with Gasteiger partial charge < -0.3 is 14.6 Å². The largest absolute Gasteiger partial charge is 0.492 e. The Labute approximate surface area is 114 Å². The lowest BCUT2D eigenvalue weighted by molar-refractivity contribution is 0.0322. The number of benzene rings is 1. The predicted molar refractivity (Wildman–Crippen MR) is 74.4 cm³/mol. The van der Waals surface area contributed by atoms with Crippen molar-refractivity contribution in [1.29, 1.82) is 0 Å². The van der Waals surface area contributed by atoms with E-state index in [2.05, 4.69) is 4.90 Å². The van der Waals surface area contributed by atoms with Crippen molar-refractivity contribution in [2.45, 2.75) is 19.4 Å². The summed E-state index contributed by atoms with van der Waals surface area (Å²) in [7, 11) is 0. The summed E-state index contributed by atoms with van der Waals surface area (Å²) in [4.78, 5) is 2.35. The van der Waals surface area contributed by atoms with Crippen LogP contribution in [0.3, 0.4) is 0 Å². The van der Waals surface area contributed by atoms with Gasteiger partial charge in [-0.05, 0) is 24.1 Å². The van der Waals surface area contributed by atoms with Crippen molar-refractivity contribution in [2.24, 2.45) is 0 Å². The highest BCUT2D eigenvalue weighted by atomic mass is 16.5. The molecule has 1 aromatic rings. The van der Waals surface area contributed by atoms with Gasteiger partial charge in [-0.25, -0.2) is 0 Å². The van der Waals surface area contributed by atoms with E-state index < -0.39 is 0 Å². The average molecular weight is 265 g/mol. The summed E-state index contributed by atoms with van der Waals surface area (Å²) < 4.78 is 11.0. The van der Waals surface area contributed by atoms with Crippen molar-refractivity contribution in [3.05, 3.63) is 29.8 Å². The van der Waals surface area contributed by atoms with Crippen LogP contribution in [0.4, 0.5) is 0 Å². The molecule has 0 aliphatic carbocycles. The highest BCUT2D eigenvalue weighted by Crippen LogP contribution is 2.19. The fourth-order valence-corrected chi connectivity index (χ4v) is 2.14. The average Bonchev–Trinajstić information content (AvgIpc) is 2.48. The van der Waals surface area contributed by atoms with E-state index in [4.69, 9.17) is 9.47 Å². The second-order valence-corrected chi connectivity index (χ2v) is 4.80. The van der Waals surface area contributed by atoms with E-state index in [0.717, 1.165) is 50.6 Å². The van der Waals surface area contributed by atoms with Crippen molar-refractivity contribution in [2.75, 3.05) is 39.5 Å². The first kappa shape index (κ1) is 14.3. The summed E-state index contributed by atoms with van der Waals surface area (Å²) in [6.45, 7) is 7.22. The molecule has 106 valence electrons. The number of aliphatic hydroxyl groups is 1. The number of morpholine rings is 1. The molecule has 2 rings (SSSR count). The third-order valence-electron chi connectivity index (χ3n) is 3.43. The maximum Gasteiger partial charge on any atom is 0.119 e. The van der Waals surface area contributed by atoms with Crippen molar-refractivity contribution in [3.8, 4) is 5.75 Å². The standard InChI is InChI=1S/C15H23NO3/c1-2-15(17)13-3-5-14(6-4-13)19-12-9-16-7-10-18-11-8-16/h3-6,15,17H,2,7-12H2,1H3/t15-/m0/s1. The van der Waals surface area contributed by atoms with Gasteiger partial charge in [0.25, 0.3) is 0 Å². The van der Waals surface area contributed by atoms with Gasteiger partial charge in [-0.3, -0.25) is 4.90 Å². The Morgan fingerprint density at radius 2 is 1.95 bits per heavy atom. The van der Waals surface area contributed by atoms with Crippen LogP contribution < -0.4 is 4.74 Å². The molecule has 0 bridgehead atoms. The summed E-state index contributed by atoms with van der Waals surface area (Å²) in [5.41, 5.74) is 0.947. The Morgan fingerprint density at radius 3 is 2.58 bits per heavy atom. The van der Waals surface area contributed by atoms with Crippen LogP contribution in [0, 0.1) is 0 Å². The van der Waals surface area contributed by atoms with Crippen LogP contribution in [0.1, 0.15) is 25.0 Å². The first-order chi connectivity index (χ1) is 9.29. The minimum atomic E-state index is -0.373.